The van der Waals surface area contributed by atoms with Crippen LogP contribution in [0.2, 0.25) is 18.6 Å². The van der Waals surface area contributed by atoms with Crippen molar-refractivity contribution in [1.29, 1.82) is 0 Å². The SMILES string of the molecule is C[Si](C)(c1ccccc1)[C@H]1C[C@@H](O)[C@@H]2CSC[C@@H]21. The van der Waals surface area contributed by atoms with Crippen molar-refractivity contribution in [3.8, 4) is 0 Å². The summed E-state index contributed by atoms with van der Waals surface area (Å²) >= 11 is 2.05. The van der Waals surface area contributed by atoms with E-state index in [9.17, 15) is 5.11 Å². The maximum absolute atomic E-state index is 10.3. The summed E-state index contributed by atoms with van der Waals surface area (Å²) in [6.45, 7) is 4.98. The van der Waals surface area contributed by atoms with Gasteiger partial charge in [-0.05, 0) is 35.3 Å². The van der Waals surface area contributed by atoms with Crippen LogP contribution in [-0.4, -0.2) is 30.8 Å². The summed E-state index contributed by atoms with van der Waals surface area (Å²) in [5.74, 6) is 3.81. The van der Waals surface area contributed by atoms with Gasteiger partial charge in [-0.3, -0.25) is 0 Å². The Bertz CT molecular complexity index is 420. The number of aliphatic hydroxyl groups excluding tert-OH is 1. The van der Waals surface area contributed by atoms with E-state index in [2.05, 4.69) is 43.4 Å². The summed E-state index contributed by atoms with van der Waals surface area (Å²) in [7, 11) is -1.45. The molecule has 2 aliphatic rings. The first kappa shape index (κ1) is 12.8. The zero-order valence-electron chi connectivity index (χ0n) is 11.2. The van der Waals surface area contributed by atoms with E-state index in [1.165, 1.54) is 11.5 Å². The predicted molar refractivity (Wildman–Crippen MR) is 82.2 cm³/mol. The number of hydrogen-bond donors (Lipinski definition) is 1. The zero-order chi connectivity index (χ0) is 12.8. The molecule has 1 saturated heterocycles. The number of aliphatic hydroxyl groups is 1. The number of thioether (sulfide) groups is 1. The molecule has 1 saturated carbocycles. The predicted octanol–water partition coefficient (Wildman–Crippen LogP) is 2.72. The lowest BCUT2D eigenvalue weighted by molar-refractivity contribution is 0.136. The first-order valence-corrected chi connectivity index (χ1v) is 11.1. The first-order valence-electron chi connectivity index (χ1n) is 6.92. The second kappa shape index (κ2) is 4.69. The number of rotatable bonds is 2. The molecule has 1 aliphatic heterocycles. The fourth-order valence-electron chi connectivity index (χ4n) is 3.92. The lowest BCUT2D eigenvalue weighted by atomic mass is 9.99. The third-order valence-electron chi connectivity index (χ3n) is 5.12. The third-order valence-corrected chi connectivity index (χ3v) is 10.7. The van der Waals surface area contributed by atoms with Crippen LogP contribution in [0.25, 0.3) is 0 Å². The molecule has 0 unspecified atom stereocenters. The van der Waals surface area contributed by atoms with E-state index in [1.807, 2.05) is 11.8 Å². The summed E-state index contributed by atoms with van der Waals surface area (Å²) in [6, 6.07) is 11.0. The molecule has 98 valence electrons. The lowest BCUT2D eigenvalue weighted by Crippen LogP contribution is -2.47. The van der Waals surface area contributed by atoms with Crippen molar-refractivity contribution < 1.29 is 5.11 Å². The largest absolute Gasteiger partial charge is 0.393 e. The van der Waals surface area contributed by atoms with Crippen molar-refractivity contribution >= 4 is 25.0 Å². The molecule has 1 aromatic rings. The highest BCUT2D eigenvalue weighted by Gasteiger charge is 2.51. The average molecular weight is 278 g/mol. The van der Waals surface area contributed by atoms with Crippen LogP contribution in [0.1, 0.15) is 6.42 Å². The van der Waals surface area contributed by atoms with Crippen LogP contribution in [0.3, 0.4) is 0 Å². The highest BCUT2D eigenvalue weighted by Crippen LogP contribution is 2.52. The molecule has 0 radical (unpaired) electrons. The van der Waals surface area contributed by atoms with E-state index in [4.69, 9.17) is 0 Å². The highest BCUT2D eigenvalue weighted by atomic mass is 32.2. The van der Waals surface area contributed by atoms with Gasteiger partial charge >= 0.3 is 0 Å². The van der Waals surface area contributed by atoms with Gasteiger partial charge in [0.1, 0.15) is 0 Å². The smallest absolute Gasteiger partial charge is 0.0840 e. The molecule has 3 heteroatoms. The van der Waals surface area contributed by atoms with Gasteiger partial charge in [0.25, 0.3) is 0 Å². The number of fused-ring (bicyclic) bond motifs is 1. The molecule has 1 aliphatic carbocycles. The molecule has 1 heterocycles. The molecule has 1 nitrogen and oxygen atoms in total. The molecule has 0 bridgehead atoms. The molecule has 0 spiro atoms. The van der Waals surface area contributed by atoms with Crippen LogP contribution in [-0.2, 0) is 0 Å². The maximum atomic E-state index is 10.3. The molecule has 18 heavy (non-hydrogen) atoms. The van der Waals surface area contributed by atoms with Crippen LogP contribution in [0, 0.1) is 11.8 Å². The van der Waals surface area contributed by atoms with Gasteiger partial charge < -0.3 is 5.11 Å². The molecule has 2 fully saturated rings. The summed E-state index contributed by atoms with van der Waals surface area (Å²) < 4.78 is 0. The average Bonchev–Trinajstić information content (AvgIpc) is 2.95. The van der Waals surface area contributed by atoms with Gasteiger partial charge in [-0.15, -0.1) is 0 Å². The normalized spacial score (nSPS) is 35.7. The van der Waals surface area contributed by atoms with Crippen LogP contribution in [0.5, 0.6) is 0 Å². The number of hydrogen-bond acceptors (Lipinski definition) is 2. The highest BCUT2D eigenvalue weighted by molar-refractivity contribution is 7.99. The maximum Gasteiger partial charge on any atom is 0.0840 e. The molecule has 0 aromatic heterocycles. The van der Waals surface area contributed by atoms with Gasteiger partial charge in [0.15, 0.2) is 0 Å². The Balaban J connectivity index is 1.90. The molecule has 3 rings (SSSR count). The molecule has 0 amide bonds. The van der Waals surface area contributed by atoms with Gasteiger partial charge in [0.05, 0.1) is 14.2 Å². The summed E-state index contributed by atoms with van der Waals surface area (Å²) in [5, 5.41) is 11.8. The van der Waals surface area contributed by atoms with Gasteiger partial charge in [0.2, 0.25) is 0 Å². The third kappa shape index (κ3) is 1.96. The minimum absolute atomic E-state index is 0.0366. The second-order valence-electron chi connectivity index (χ2n) is 6.36. The van der Waals surface area contributed by atoms with E-state index >= 15 is 0 Å². The zero-order valence-corrected chi connectivity index (χ0v) is 13.0. The van der Waals surface area contributed by atoms with Gasteiger partial charge in [-0.2, -0.15) is 11.8 Å². The van der Waals surface area contributed by atoms with Gasteiger partial charge in [0, 0.05) is 0 Å². The number of benzene rings is 1. The molecular weight excluding hydrogens is 256 g/mol. The van der Waals surface area contributed by atoms with Crippen LogP contribution < -0.4 is 5.19 Å². The van der Waals surface area contributed by atoms with E-state index in [-0.39, 0.29) is 6.10 Å². The first-order chi connectivity index (χ1) is 8.60. The fraction of sp³-hybridized carbons (Fsp3) is 0.600. The van der Waals surface area contributed by atoms with Crippen LogP contribution in [0.15, 0.2) is 30.3 Å². The molecule has 1 N–H and O–H groups in total. The Morgan fingerprint density at radius 3 is 2.50 bits per heavy atom. The Morgan fingerprint density at radius 1 is 1.11 bits per heavy atom. The quantitative estimate of drug-likeness (QED) is 0.840. The van der Waals surface area contributed by atoms with Crippen molar-refractivity contribution in [1.82, 2.24) is 0 Å². The van der Waals surface area contributed by atoms with Crippen molar-refractivity contribution in [2.75, 3.05) is 11.5 Å². The minimum Gasteiger partial charge on any atom is -0.393 e. The van der Waals surface area contributed by atoms with Crippen LogP contribution >= 0.6 is 11.8 Å². The molecular formula is C15H22OSSi. The Labute approximate surface area is 115 Å². The Kier molecular flexibility index (Phi) is 3.33. The fourth-order valence-corrected chi connectivity index (χ4v) is 9.47. The van der Waals surface area contributed by atoms with Crippen molar-refractivity contribution in [3.05, 3.63) is 30.3 Å². The van der Waals surface area contributed by atoms with Gasteiger partial charge in [-0.25, -0.2) is 0 Å². The summed E-state index contributed by atoms with van der Waals surface area (Å²) in [5.41, 5.74) is 0.759. The molecule has 4 atom stereocenters. The summed E-state index contributed by atoms with van der Waals surface area (Å²) in [6.07, 6.45) is 1.01. The van der Waals surface area contributed by atoms with E-state index in [0.29, 0.717) is 5.92 Å². The summed E-state index contributed by atoms with van der Waals surface area (Å²) in [4.78, 5) is 0. The Hall–Kier alpha value is -0.253. The van der Waals surface area contributed by atoms with Crippen molar-refractivity contribution in [2.24, 2.45) is 11.8 Å². The van der Waals surface area contributed by atoms with E-state index in [1.54, 1.807) is 5.19 Å². The van der Waals surface area contributed by atoms with Crippen molar-refractivity contribution in [2.45, 2.75) is 31.2 Å². The lowest BCUT2D eigenvalue weighted by Gasteiger charge is -2.34. The minimum atomic E-state index is -1.45. The molecule has 1 aromatic carbocycles. The topological polar surface area (TPSA) is 20.2 Å². The Morgan fingerprint density at radius 2 is 1.78 bits per heavy atom. The monoisotopic (exact) mass is 278 g/mol. The van der Waals surface area contributed by atoms with Crippen molar-refractivity contribution in [3.63, 3.8) is 0 Å². The van der Waals surface area contributed by atoms with Gasteiger partial charge in [-0.1, -0.05) is 48.6 Å². The van der Waals surface area contributed by atoms with E-state index in [0.717, 1.165) is 17.9 Å². The standard InChI is InChI=1S/C15H22OSSi/c1-18(2,11-6-4-3-5-7-11)15-8-14(16)12-9-17-10-13(12)15/h3-7,12-16H,8-10H2,1-2H3/t12-,13+,14-,15+/m1/s1. The second-order valence-corrected chi connectivity index (χ2v) is 12.2. The van der Waals surface area contributed by atoms with E-state index < -0.39 is 8.07 Å². The van der Waals surface area contributed by atoms with Crippen LogP contribution in [0.4, 0.5) is 0 Å².